The highest BCUT2D eigenvalue weighted by molar-refractivity contribution is 7.52. The number of hydrogen-bond acceptors (Lipinski definition) is 9. The van der Waals surface area contributed by atoms with E-state index in [0.29, 0.717) is 0 Å². The predicted octanol–water partition coefficient (Wildman–Crippen LogP) is 1.57. The van der Waals surface area contributed by atoms with Gasteiger partial charge in [0.05, 0.1) is 12.7 Å². The van der Waals surface area contributed by atoms with Crippen molar-refractivity contribution in [1.82, 2.24) is 14.6 Å². The lowest BCUT2D eigenvalue weighted by Crippen LogP contribution is -2.37. The summed E-state index contributed by atoms with van der Waals surface area (Å²) in [6.07, 6.45) is -6.07. The first-order chi connectivity index (χ1) is 16.9. The van der Waals surface area contributed by atoms with Crippen molar-refractivity contribution < 1.29 is 37.4 Å². The minimum Gasteiger partial charge on any atom is -0.462 e. The molecule has 0 aliphatic carbocycles. The normalized spacial score (nSPS) is 24.3. The van der Waals surface area contributed by atoms with Crippen LogP contribution in [0.2, 0.25) is 0 Å². The van der Waals surface area contributed by atoms with Crippen LogP contribution in [0.15, 0.2) is 46.1 Å². The van der Waals surface area contributed by atoms with Gasteiger partial charge in [0.2, 0.25) is 0 Å². The molecule has 2 aromatic rings. The molecule has 0 bridgehead atoms. The number of aliphatic hydroxyl groups excluding tert-OH is 1. The maximum Gasteiger partial charge on any atom is 0.459 e. The third kappa shape index (κ3) is 6.68. The lowest BCUT2D eigenvalue weighted by molar-refractivity contribution is -0.149. The Labute approximate surface area is 205 Å². The Morgan fingerprint density at radius 3 is 2.58 bits per heavy atom. The molecule has 14 heteroatoms. The molecule has 0 spiro atoms. The number of carbonyl (C=O) groups excluding carboxylic acids is 1. The van der Waals surface area contributed by atoms with Crippen LogP contribution in [0.3, 0.4) is 0 Å². The van der Waals surface area contributed by atoms with Crippen LogP contribution in [-0.4, -0.2) is 57.8 Å². The van der Waals surface area contributed by atoms with Crippen molar-refractivity contribution in [1.29, 1.82) is 0 Å². The van der Waals surface area contributed by atoms with Gasteiger partial charge in [-0.3, -0.25) is 23.7 Å². The Bertz CT molecular complexity index is 1220. The van der Waals surface area contributed by atoms with Crippen molar-refractivity contribution in [3.63, 3.8) is 0 Å². The van der Waals surface area contributed by atoms with Crippen molar-refractivity contribution in [3.05, 3.63) is 62.9 Å². The minimum atomic E-state index is -4.29. The number of aliphatic hydroxyl groups is 1. The molecule has 1 aromatic carbocycles. The molecule has 3 unspecified atom stereocenters. The monoisotopic (exact) mass is 529 g/mol. The molecule has 3 N–H and O–H groups in total. The van der Waals surface area contributed by atoms with E-state index in [1.54, 1.807) is 32.0 Å². The Kier molecular flexibility index (Phi) is 8.85. The molecular weight excluding hydrogens is 500 g/mol. The molecule has 1 aliphatic heterocycles. The Morgan fingerprint density at radius 1 is 1.28 bits per heavy atom. The smallest absolute Gasteiger partial charge is 0.459 e. The van der Waals surface area contributed by atoms with E-state index in [-0.39, 0.29) is 11.3 Å². The van der Waals surface area contributed by atoms with Gasteiger partial charge in [-0.15, -0.1) is 0 Å². The van der Waals surface area contributed by atoms with E-state index in [2.05, 4.69) is 5.09 Å². The fourth-order valence-corrected chi connectivity index (χ4v) is 4.85. The van der Waals surface area contributed by atoms with E-state index >= 15 is 0 Å². The van der Waals surface area contributed by atoms with Crippen LogP contribution in [0.25, 0.3) is 0 Å². The number of nitrogens with zero attached hydrogens (tertiary/aromatic N) is 1. The van der Waals surface area contributed by atoms with Crippen LogP contribution >= 0.6 is 7.75 Å². The topological polar surface area (TPSA) is 158 Å². The quantitative estimate of drug-likeness (QED) is 0.305. The number of aromatic amines is 1. The minimum absolute atomic E-state index is 0.131. The number of rotatable bonds is 10. The summed E-state index contributed by atoms with van der Waals surface area (Å²) in [5, 5.41) is 12.8. The SMILES string of the molecule is Cc1cn([C@H]2OC(COP(=O)(N[C@@H](C)C(=O)OC(C)C)Oc3ccccc3)[C@@H](O)C2F)c(=O)[nH]c1=O. The number of aromatic nitrogens is 2. The van der Waals surface area contributed by atoms with Crippen molar-refractivity contribution in [2.75, 3.05) is 6.61 Å². The van der Waals surface area contributed by atoms with E-state index in [0.717, 1.165) is 10.8 Å². The van der Waals surface area contributed by atoms with Gasteiger partial charge in [0.15, 0.2) is 12.4 Å². The summed E-state index contributed by atoms with van der Waals surface area (Å²) in [6.45, 7) is 5.49. The summed E-state index contributed by atoms with van der Waals surface area (Å²) in [5.41, 5.74) is -1.43. The second-order valence-electron chi connectivity index (χ2n) is 8.51. The molecule has 6 atom stereocenters. The molecule has 36 heavy (non-hydrogen) atoms. The Balaban J connectivity index is 1.77. The lowest BCUT2D eigenvalue weighted by atomic mass is 10.1. The van der Waals surface area contributed by atoms with Gasteiger partial charge in [0.25, 0.3) is 5.56 Å². The molecule has 3 rings (SSSR count). The van der Waals surface area contributed by atoms with Crippen LogP contribution in [0.5, 0.6) is 5.75 Å². The van der Waals surface area contributed by atoms with Gasteiger partial charge in [-0.05, 0) is 39.8 Å². The highest BCUT2D eigenvalue weighted by Crippen LogP contribution is 2.46. The van der Waals surface area contributed by atoms with Crippen molar-refractivity contribution in [2.45, 2.75) is 64.4 Å². The lowest BCUT2D eigenvalue weighted by Gasteiger charge is -2.25. The van der Waals surface area contributed by atoms with Crippen LogP contribution in [0.4, 0.5) is 4.39 Å². The molecule has 0 amide bonds. The third-order valence-electron chi connectivity index (χ3n) is 5.15. The van der Waals surface area contributed by atoms with E-state index in [1.807, 2.05) is 4.98 Å². The molecule has 0 saturated carbocycles. The van der Waals surface area contributed by atoms with E-state index in [4.69, 9.17) is 18.5 Å². The summed E-state index contributed by atoms with van der Waals surface area (Å²) >= 11 is 0. The van der Waals surface area contributed by atoms with E-state index < -0.39 is 68.3 Å². The molecule has 1 aliphatic rings. The average molecular weight is 529 g/mol. The molecule has 1 aromatic heterocycles. The number of esters is 1. The number of H-pyrrole nitrogens is 1. The molecule has 198 valence electrons. The zero-order valence-corrected chi connectivity index (χ0v) is 21.0. The zero-order valence-electron chi connectivity index (χ0n) is 20.1. The second-order valence-corrected chi connectivity index (χ2v) is 10.2. The zero-order chi connectivity index (χ0) is 26.6. The molecule has 1 saturated heterocycles. The standard InChI is InChI=1S/C22H29FN3O9P/c1-12(2)33-21(29)14(4)25-36(31,35-15-8-6-5-7-9-15)32-11-16-18(27)17(23)20(34-16)26-10-13(3)19(28)24-22(26)30/h5-10,12,14,16-18,20,27H,11H2,1-4H3,(H,25,31)(H,24,28,30)/t14-,16?,17?,18+,20-,36?/m0/s1. The summed E-state index contributed by atoms with van der Waals surface area (Å²) < 4.78 is 50.7. The second kappa shape index (κ2) is 11.5. The van der Waals surface area contributed by atoms with Gasteiger partial charge in [-0.2, -0.15) is 5.09 Å². The number of alkyl halides is 1. The van der Waals surface area contributed by atoms with Gasteiger partial charge in [0.1, 0.15) is 24.0 Å². The largest absolute Gasteiger partial charge is 0.462 e. The fraction of sp³-hybridized carbons (Fsp3) is 0.500. The maximum atomic E-state index is 14.9. The first kappa shape index (κ1) is 27.8. The number of ether oxygens (including phenoxy) is 2. The number of nitrogens with one attached hydrogen (secondary N) is 2. The number of aryl methyl sites for hydroxylation is 1. The number of benzene rings is 1. The van der Waals surface area contributed by atoms with Gasteiger partial charge in [0, 0.05) is 11.8 Å². The Hall–Kier alpha value is -2.83. The van der Waals surface area contributed by atoms with Crippen LogP contribution < -0.4 is 20.9 Å². The highest BCUT2D eigenvalue weighted by atomic mass is 31.2. The van der Waals surface area contributed by atoms with Gasteiger partial charge < -0.3 is 19.1 Å². The van der Waals surface area contributed by atoms with Crippen LogP contribution in [-0.2, 0) is 23.4 Å². The number of hydrogen-bond donors (Lipinski definition) is 3. The van der Waals surface area contributed by atoms with Gasteiger partial charge >= 0.3 is 19.4 Å². The molecule has 1 fully saturated rings. The predicted molar refractivity (Wildman–Crippen MR) is 125 cm³/mol. The number of carbonyl (C=O) groups is 1. The fourth-order valence-electron chi connectivity index (χ4n) is 3.35. The van der Waals surface area contributed by atoms with Gasteiger partial charge in [-0.1, -0.05) is 18.2 Å². The van der Waals surface area contributed by atoms with Crippen LogP contribution in [0, 0.1) is 6.92 Å². The molecule has 2 heterocycles. The summed E-state index contributed by atoms with van der Waals surface area (Å²) in [5.74, 6) is -0.554. The first-order valence-corrected chi connectivity index (χ1v) is 12.7. The molecule has 0 radical (unpaired) electrons. The van der Waals surface area contributed by atoms with Crippen molar-refractivity contribution in [3.8, 4) is 5.75 Å². The summed E-state index contributed by atoms with van der Waals surface area (Å²) in [4.78, 5) is 38.0. The van der Waals surface area contributed by atoms with Crippen molar-refractivity contribution in [2.24, 2.45) is 0 Å². The third-order valence-corrected chi connectivity index (χ3v) is 6.79. The maximum absolute atomic E-state index is 14.9. The summed E-state index contributed by atoms with van der Waals surface area (Å²) in [6, 6.07) is 6.87. The van der Waals surface area contributed by atoms with E-state index in [1.165, 1.54) is 26.0 Å². The first-order valence-electron chi connectivity index (χ1n) is 11.2. The molecule has 12 nitrogen and oxygen atoms in total. The molecular formula is C22H29FN3O9P. The van der Waals surface area contributed by atoms with E-state index in [9.17, 15) is 28.4 Å². The summed E-state index contributed by atoms with van der Waals surface area (Å²) in [7, 11) is -4.29. The van der Waals surface area contributed by atoms with Crippen molar-refractivity contribution >= 4 is 13.7 Å². The average Bonchev–Trinajstić information content (AvgIpc) is 3.08. The highest BCUT2D eigenvalue weighted by Gasteiger charge is 2.47. The van der Waals surface area contributed by atoms with Gasteiger partial charge in [-0.25, -0.2) is 13.8 Å². The number of para-hydroxylation sites is 1. The van der Waals surface area contributed by atoms with Crippen LogP contribution in [0.1, 0.15) is 32.6 Å². The Morgan fingerprint density at radius 2 is 1.94 bits per heavy atom. The number of halogens is 1.